The smallest absolute Gasteiger partial charge is 0.413 e. The molecule has 16 heavy (non-hydrogen) atoms. The number of thioether (sulfide) groups is 1. The number of rotatable bonds is 2. The van der Waals surface area contributed by atoms with Crippen LogP contribution in [0.3, 0.4) is 0 Å². The molecule has 0 fully saturated rings. The molecule has 0 aromatic carbocycles. The maximum absolute atomic E-state index is 11.2. The molecule has 86 valence electrons. The SMILES string of the molecule is CCOC(=O)N/C(=N/c1ccccn1)SC. The minimum Gasteiger partial charge on any atom is -0.450 e. The van der Waals surface area contributed by atoms with Gasteiger partial charge in [-0.05, 0) is 25.3 Å². The number of ether oxygens (including phenoxy) is 1. The van der Waals surface area contributed by atoms with Crippen molar-refractivity contribution in [1.82, 2.24) is 10.3 Å². The van der Waals surface area contributed by atoms with E-state index in [1.54, 1.807) is 25.3 Å². The summed E-state index contributed by atoms with van der Waals surface area (Å²) in [6.07, 6.45) is 2.95. The number of nitrogens with one attached hydrogen (secondary N) is 1. The molecular formula is C10H13N3O2S. The Balaban J connectivity index is 2.67. The van der Waals surface area contributed by atoms with Crippen molar-refractivity contribution in [3.63, 3.8) is 0 Å². The van der Waals surface area contributed by atoms with Crippen molar-refractivity contribution >= 4 is 28.8 Å². The first kappa shape index (κ1) is 12.5. The number of amidine groups is 1. The van der Waals surface area contributed by atoms with Crippen molar-refractivity contribution in [3.8, 4) is 0 Å². The molecule has 1 aromatic heterocycles. The summed E-state index contributed by atoms with van der Waals surface area (Å²) in [5, 5.41) is 2.98. The van der Waals surface area contributed by atoms with Crippen molar-refractivity contribution < 1.29 is 9.53 Å². The summed E-state index contributed by atoms with van der Waals surface area (Å²) in [4.78, 5) is 19.3. The van der Waals surface area contributed by atoms with Crippen molar-refractivity contribution in [2.75, 3.05) is 12.9 Å². The van der Waals surface area contributed by atoms with Crippen LogP contribution in [-0.4, -0.2) is 29.1 Å². The van der Waals surface area contributed by atoms with E-state index >= 15 is 0 Å². The molecule has 0 unspecified atom stereocenters. The maximum Gasteiger partial charge on any atom is 0.413 e. The third-order valence-corrected chi connectivity index (χ3v) is 2.12. The Morgan fingerprint density at radius 3 is 3.00 bits per heavy atom. The summed E-state index contributed by atoms with van der Waals surface area (Å²) in [6.45, 7) is 2.07. The molecule has 0 bridgehead atoms. The van der Waals surface area contributed by atoms with E-state index < -0.39 is 6.09 Å². The molecule has 1 amide bonds. The van der Waals surface area contributed by atoms with Crippen LogP contribution in [0.15, 0.2) is 29.4 Å². The second-order valence-electron chi connectivity index (χ2n) is 2.65. The van der Waals surface area contributed by atoms with Crippen LogP contribution in [0.2, 0.25) is 0 Å². The Bertz CT molecular complexity index is 368. The van der Waals surface area contributed by atoms with Gasteiger partial charge in [0.1, 0.15) is 0 Å². The number of hydrogen-bond donors (Lipinski definition) is 1. The number of carbonyl (C=O) groups is 1. The summed E-state index contributed by atoms with van der Waals surface area (Å²) in [5.74, 6) is 0.545. The van der Waals surface area contributed by atoms with Gasteiger partial charge in [0.2, 0.25) is 0 Å². The van der Waals surface area contributed by atoms with Crippen molar-refractivity contribution in [2.24, 2.45) is 4.99 Å². The van der Waals surface area contributed by atoms with Gasteiger partial charge in [-0.1, -0.05) is 17.8 Å². The molecule has 0 radical (unpaired) electrons. The highest BCUT2D eigenvalue weighted by Gasteiger charge is 2.05. The lowest BCUT2D eigenvalue weighted by molar-refractivity contribution is 0.158. The van der Waals surface area contributed by atoms with Crippen LogP contribution in [0, 0.1) is 0 Å². The second kappa shape index (κ2) is 6.84. The lowest BCUT2D eigenvalue weighted by atomic mass is 10.5. The summed E-state index contributed by atoms with van der Waals surface area (Å²) < 4.78 is 4.75. The summed E-state index contributed by atoms with van der Waals surface area (Å²) >= 11 is 1.32. The standard InChI is InChI=1S/C10H13N3O2S/c1-3-15-10(14)13-9(16-2)12-8-6-4-5-7-11-8/h4-7H,3H2,1-2H3,(H,11,12,13,14). The van der Waals surface area contributed by atoms with Crippen LogP contribution in [-0.2, 0) is 4.74 Å². The first-order valence-electron chi connectivity index (χ1n) is 4.73. The normalized spacial score (nSPS) is 11.0. The fraction of sp³-hybridized carbons (Fsp3) is 0.300. The number of alkyl carbamates (subject to hydrolysis) is 1. The molecule has 0 atom stereocenters. The van der Waals surface area contributed by atoms with Crippen LogP contribution in [0.25, 0.3) is 0 Å². The maximum atomic E-state index is 11.2. The summed E-state index contributed by atoms with van der Waals surface area (Å²) in [6, 6.07) is 5.38. The fourth-order valence-corrected chi connectivity index (χ4v) is 1.27. The second-order valence-corrected chi connectivity index (χ2v) is 3.45. The molecule has 0 aliphatic heterocycles. The molecule has 6 heteroatoms. The van der Waals surface area contributed by atoms with Crippen molar-refractivity contribution in [3.05, 3.63) is 24.4 Å². The van der Waals surface area contributed by atoms with Gasteiger partial charge in [0, 0.05) is 6.20 Å². The van der Waals surface area contributed by atoms with Crippen molar-refractivity contribution in [1.29, 1.82) is 0 Å². The van der Waals surface area contributed by atoms with E-state index in [2.05, 4.69) is 15.3 Å². The van der Waals surface area contributed by atoms with Crippen LogP contribution >= 0.6 is 11.8 Å². The lowest BCUT2D eigenvalue weighted by Crippen LogP contribution is -2.28. The minimum atomic E-state index is -0.508. The number of pyridine rings is 1. The predicted molar refractivity (Wildman–Crippen MR) is 65.0 cm³/mol. The van der Waals surface area contributed by atoms with Crippen LogP contribution in [0.1, 0.15) is 6.92 Å². The lowest BCUT2D eigenvalue weighted by Gasteiger charge is -2.05. The molecule has 0 saturated carbocycles. The molecule has 0 spiro atoms. The first-order valence-corrected chi connectivity index (χ1v) is 5.96. The molecule has 1 aromatic rings. The average molecular weight is 239 g/mol. The number of aromatic nitrogens is 1. The van der Waals surface area contributed by atoms with Gasteiger partial charge in [0.25, 0.3) is 0 Å². The van der Waals surface area contributed by atoms with E-state index in [4.69, 9.17) is 4.74 Å². The third kappa shape index (κ3) is 4.31. The Hall–Kier alpha value is -1.56. The number of hydrogen-bond acceptors (Lipinski definition) is 5. The zero-order valence-electron chi connectivity index (χ0n) is 9.14. The highest BCUT2D eigenvalue weighted by molar-refractivity contribution is 8.13. The van der Waals surface area contributed by atoms with Gasteiger partial charge in [-0.15, -0.1) is 0 Å². The molecular weight excluding hydrogens is 226 g/mol. The Morgan fingerprint density at radius 2 is 2.44 bits per heavy atom. The average Bonchev–Trinajstić information content (AvgIpc) is 2.30. The first-order chi connectivity index (χ1) is 7.76. The number of aliphatic imine (C=N–C) groups is 1. The van der Waals surface area contributed by atoms with Gasteiger partial charge < -0.3 is 4.74 Å². The van der Waals surface area contributed by atoms with E-state index in [0.717, 1.165) is 0 Å². The van der Waals surface area contributed by atoms with E-state index in [0.29, 0.717) is 17.6 Å². The summed E-state index contributed by atoms with van der Waals surface area (Å²) in [7, 11) is 0. The van der Waals surface area contributed by atoms with Gasteiger partial charge >= 0.3 is 6.09 Å². The highest BCUT2D eigenvalue weighted by atomic mass is 32.2. The molecule has 1 N–H and O–H groups in total. The molecule has 0 aliphatic rings. The number of carbonyl (C=O) groups excluding carboxylic acids is 1. The zero-order valence-corrected chi connectivity index (χ0v) is 9.95. The monoisotopic (exact) mass is 239 g/mol. The Morgan fingerprint density at radius 1 is 1.62 bits per heavy atom. The van der Waals surface area contributed by atoms with E-state index in [1.165, 1.54) is 11.8 Å². The third-order valence-electron chi connectivity index (χ3n) is 1.54. The van der Waals surface area contributed by atoms with Gasteiger partial charge in [0.05, 0.1) is 6.61 Å². The highest BCUT2D eigenvalue weighted by Crippen LogP contribution is 2.08. The summed E-state index contributed by atoms with van der Waals surface area (Å²) in [5.41, 5.74) is 0. The van der Waals surface area contributed by atoms with Gasteiger partial charge in [-0.2, -0.15) is 0 Å². The van der Waals surface area contributed by atoms with Gasteiger partial charge in [-0.3, -0.25) is 5.32 Å². The zero-order chi connectivity index (χ0) is 11.8. The van der Waals surface area contributed by atoms with Crippen molar-refractivity contribution in [2.45, 2.75) is 6.92 Å². The van der Waals surface area contributed by atoms with E-state index in [9.17, 15) is 4.79 Å². The van der Waals surface area contributed by atoms with Gasteiger partial charge in [0.15, 0.2) is 11.0 Å². The quantitative estimate of drug-likeness (QED) is 0.634. The molecule has 1 heterocycles. The Labute approximate surface area is 98.3 Å². The van der Waals surface area contributed by atoms with Gasteiger partial charge in [-0.25, -0.2) is 14.8 Å². The number of nitrogens with zero attached hydrogens (tertiary/aromatic N) is 2. The van der Waals surface area contributed by atoms with E-state index in [-0.39, 0.29) is 0 Å². The largest absolute Gasteiger partial charge is 0.450 e. The van der Waals surface area contributed by atoms with Crippen LogP contribution in [0.5, 0.6) is 0 Å². The molecule has 5 nitrogen and oxygen atoms in total. The number of amides is 1. The van der Waals surface area contributed by atoms with Crippen LogP contribution in [0.4, 0.5) is 10.6 Å². The predicted octanol–water partition coefficient (Wildman–Crippen LogP) is 2.18. The topological polar surface area (TPSA) is 63.6 Å². The van der Waals surface area contributed by atoms with E-state index in [1.807, 2.05) is 12.3 Å². The molecule has 0 aliphatic carbocycles. The minimum absolute atomic E-state index is 0.330. The van der Waals surface area contributed by atoms with Crippen LogP contribution < -0.4 is 5.32 Å². The Kier molecular flexibility index (Phi) is 5.35. The molecule has 1 rings (SSSR count). The fourth-order valence-electron chi connectivity index (χ4n) is 0.903. The molecule has 0 saturated heterocycles.